The fraction of sp³-hybridized carbons (Fsp3) is 0.625. The number of allylic oxidation sites excluding steroid dienone is 2. The maximum Gasteiger partial charge on any atom is 0.454 e. The van der Waals surface area contributed by atoms with Crippen molar-refractivity contribution in [2.45, 2.75) is 26.9 Å². The van der Waals surface area contributed by atoms with Crippen LogP contribution < -0.4 is 0 Å². The molecule has 0 bridgehead atoms. The molecular weight excluding hydrogens is 185 g/mol. The molecule has 0 spiro atoms. The van der Waals surface area contributed by atoms with Gasteiger partial charge in [0.1, 0.15) is 5.76 Å². The molecule has 0 heterocycles. The topological polar surface area (TPSA) is 37.3 Å². The summed E-state index contributed by atoms with van der Waals surface area (Å²) in [4.78, 5) is 10.4. The lowest BCUT2D eigenvalue weighted by atomic mass is 9.93. The van der Waals surface area contributed by atoms with Gasteiger partial charge < -0.3 is 5.11 Å². The maximum absolute atomic E-state index is 11.7. The highest BCUT2D eigenvalue weighted by molar-refractivity contribution is 5.94. The van der Waals surface area contributed by atoms with Gasteiger partial charge in [-0.05, 0) is 0 Å². The molecule has 1 N–H and O–H groups in total. The van der Waals surface area contributed by atoms with E-state index in [4.69, 9.17) is 5.11 Å². The molecule has 0 aliphatic rings. The van der Waals surface area contributed by atoms with Crippen LogP contribution in [0, 0.1) is 5.41 Å². The Balaban J connectivity index is 4.70. The number of halogens is 3. The minimum absolute atomic E-state index is 0.208. The number of hydrogen-bond donors (Lipinski definition) is 1. The Bertz CT molecular complexity index is 233. The van der Waals surface area contributed by atoms with Crippen LogP contribution in [-0.2, 0) is 4.79 Å². The lowest BCUT2D eigenvalue weighted by molar-refractivity contribution is -0.165. The predicted octanol–water partition coefficient (Wildman–Crippen LogP) is 2.61. The van der Waals surface area contributed by atoms with E-state index in [0.717, 1.165) is 0 Å². The van der Waals surface area contributed by atoms with Crippen molar-refractivity contribution < 1.29 is 23.1 Å². The third-order valence-electron chi connectivity index (χ3n) is 1.32. The number of aliphatic hydroxyl groups is 1. The van der Waals surface area contributed by atoms with Gasteiger partial charge in [0.15, 0.2) is 0 Å². The van der Waals surface area contributed by atoms with Gasteiger partial charge in [0.25, 0.3) is 5.78 Å². The largest absolute Gasteiger partial charge is 0.512 e. The molecule has 0 aliphatic carbocycles. The van der Waals surface area contributed by atoms with Gasteiger partial charge in [-0.1, -0.05) is 20.8 Å². The van der Waals surface area contributed by atoms with E-state index in [1.165, 1.54) is 20.8 Å². The van der Waals surface area contributed by atoms with Gasteiger partial charge in [-0.15, -0.1) is 0 Å². The quantitative estimate of drug-likeness (QED) is 0.517. The first kappa shape index (κ1) is 12.0. The Morgan fingerprint density at radius 1 is 1.23 bits per heavy atom. The third kappa shape index (κ3) is 3.96. The summed E-state index contributed by atoms with van der Waals surface area (Å²) in [7, 11) is 0. The molecule has 5 heteroatoms. The molecule has 0 fully saturated rings. The predicted molar refractivity (Wildman–Crippen MR) is 41.2 cm³/mol. The second kappa shape index (κ2) is 3.40. The number of rotatable bonds is 1. The van der Waals surface area contributed by atoms with Crippen LogP contribution in [0.5, 0.6) is 0 Å². The smallest absolute Gasteiger partial charge is 0.454 e. The standard InChI is InChI=1S/C8H11F3O2/c1-7(2,3)5(12)4-6(13)8(9,10)11/h4,12H,1-3H3. The minimum atomic E-state index is -4.92. The molecule has 13 heavy (non-hydrogen) atoms. The second-order valence-electron chi connectivity index (χ2n) is 3.64. The van der Waals surface area contributed by atoms with Gasteiger partial charge in [0, 0.05) is 11.5 Å². The highest BCUT2D eigenvalue weighted by atomic mass is 19.4. The van der Waals surface area contributed by atoms with Gasteiger partial charge in [0.05, 0.1) is 0 Å². The van der Waals surface area contributed by atoms with Crippen LogP contribution in [-0.4, -0.2) is 17.1 Å². The average Bonchev–Trinajstić information content (AvgIpc) is 1.82. The first-order valence-electron chi connectivity index (χ1n) is 3.57. The molecule has 2 nitrogen and oxygen atoms in total. The van der Waals surface area contributed by atoms with Crippen molar-refractivity contribution in [2.75, 3.05) is 0 Å². The molecule has 0 radical (unpaired) electrons. The fourth-order valence-electron chi connectivity index (χ4n) is 0.423. The minimum Gasteiger partial charge on any atom is -0.512 e. The average molecular weight is 196 g/mol. The summed E-state index contributed by atoms with van der Waals surface area (Å²) in [5.41, 5.74) is -0.846. The molecule has 0 aromatic rings. The number of hydrogen-bond acceptors (Lipinski definition) is 2. The van der Waals surface area contributed by atoms with Crippen LogP contribution in [0.1, 0.15) is 20.8 Å². The zero-order valence-electron chi connectivity index (χ0n) is 7.57. The van der Waals surface area contributed by atoms with Crippen LogP contribution in [0.4, 0.5) is 13.2 Å². The van der Waals surface area contributed by atoms with Crippen LogP contribution in [0.3, 0.4) is 0 Å². The molecule has 0 atom stereocenters. The van der Waals surface area contributed by atoms with Crippen LogP contribution >= 0.6 is 0 Å². The normalized spacial score (nSPS) is 14.5. The zero-order valence-corrected chi connectivity index (χ0v) is 7.57. The summed E-state index contributed by atoms with van der Waals surface area (Å²) in [6, 6.07) is 0. The number of carbonyl (C=O) groups excluding carboxylic acids is 1. The van der Waals surface area contributed by atoms with Gasteiger partial charge in [-0.25, -0.2) is 0 Å². The summed E-state index contributed by atoms with van der Waals surface area (Å²) >= 11 is 0. The monoisotopic (exact) mass is 196 g/mol. The number of aliphatic hydroxyl groups excluding tert-OH is 1. The highest BCUT2D eigenvalue weighted by Gasteiger charge is 2.37. The molecule has 0 amide bonds. The zero-order chi connectivity index (χ0) is 10.9. The van der Waals surface area contributed by atoms with Crippen molar-refractivity contribution >= 4 is 5.78 Å². The lowest BCUT2D eigenvalue weighted by Gasteiger charge is -2.16. The first-order valence-corrected chi connectivity index (χ1v) is 3.57. The summed E-state index contributed by atoms with van der Waals surface area (Å²) in [5, 5.41) is 9.06. The summed E-state index contributed by atoms with van der Waals surface area (Å²) in [6.07, 6.45) is -4.71. The van der Waals surface area contributed by atoms with E-state index in [9.17, 15) is 18.0 Å². The Kier molecular flexibility index (Phi) is 3.13. The van der Waals surface area contributed by atoms with Crippen LogP contribution in [0.2, 0.25) is 0 Å². The molecular formula is C8H11F3O2. The second-order valence-corrected chi connectivity index (χ2v) is 3.64. The van der Waals surface area contributed by atoms with E-state index in [0.29, 0.717) is 0 Å². The van der Waals surface area contributed by atoms with Gasteiger partial charge in [-0.2, -0.15) is 13.2 Å². The van der Waals surface area contributed by atoms with E-state index >= 15 is 0 Å². The van der Waals surface area contributed by atoms with Gasteiger partial charge >= 0.3 is 6.18 Å². The molecule has 76 valence electrons. The van der Waals surface area contributed by atoms with Crippen molar-refractivity contribution in [3.63, 3.8) is 0 Å². The van der Waals surface area contributed by atoms with Crippen molar-refractivity contribution in [3.8, 4) is 0 Å². The third-order valence-corrected chi connectivity index (χ3v) is 1.32. The van der Waals surface area contributed by atoms with E-state index in [2.05, 4.69) is 0 Å². The van der Waals surface area contributed by atoms with E-state index in [1.807, 2.05) is 0 Å². The Morgan fingerprint density at radius 2 is 1.62 bits per heavy atom. The summed E-state index contributed by atoms with van der Waals surface area (Å²) in [6.45, 7) is 4.51. The van der Waals surface area contributed by atoms with Crippen LogP contribution in [0.15, 0.2) is 11.8 Å². The van der Waals surface area contributed by atoms with E-state index in [1.54, 1.807) is 0 Å². The Hall–Kier alpha value is -1.00. The van der Waals surface area contributed by atoms with Crippen molar-refractivity contribution in [2.24, 2.45) is 5.41 Å². The SMILES string of the molecule is CC(C)(C)C(O)=CC(=O)C(F)(F)F. The van der Waals surface area contributed by atoms with E-state index < -0.39 is 23.1 Å². The number of ketones is 1. The molecule has 0 aromatic carbocycles. The fourth-order valence-corrected chi connectivity index (χ4v) is 0.423. The van der Waals surface area contributed by atoms with Crippen LogP contribution in [0.25, 0.3) is 0 Å². The Morgan fingerprint density at radius 3 is 1.85 bits per heavy atom. The van der Waals surface area contributed by atoms with Gasteiger partial charge in [0.2, 0.25) is 0 Å². The Labute approximate surface area is 74.1 Å². The molecule has 0 aliphatic heterocycles. The van der Waals surface area contributed by atoms with Gasteiger partial charge in [-0.3, -0.25) is 4.79 Å². The number of alkyl halides is 3. The maximum atomic E-state index is 11.7. The molecule has 0 saturated heterocycles. The van der Waals surface area contributed by atoms with E-state index in [-0.39, 0.29) is 6.08 Å². The van der Waals surface area contributed by atoms with Crippen molar-refractivity contribution in [1.82, 2.24) is 0 Å². The highest BCUT2D eigenvalue weighted by Crippen LogP contribution is 2.25. The van der Waals surface area contributed by atoms with Crippen molar-refractivity contribution in [1.29, 1.82) is 0 Å². The lowest BCUT2D eigenvalue weighted by Crippen LogP contribution is -2.22. The summed E-state index contributed by atoms with van der Waals surface area (Å²) in [5.74, 6) is -2.62. The molecule has 0 aromatic heterocycles. The molecule has 0 saturated carbocycles. The van der Waals surface area contributed by atoms with Crippen molar-refractivity contribution in [3.05, 3.63) is 11.8 Å². The molecule has 0 unspecified atom stereocenters. The summed E-state index contributed by atoms with van der Waals surface area (Å²) < 4.78 is 35.1. The molecule has 0 rings (SSSR count). The number of carbonyl (C=O) groups is 1. The first-order chi connectivity index (χ1) is 5.55.